The maximum absolute atomic E-state index is 8.97. The van der Waals surface area contributed by atoms with Gasteiger partial charge in [-0.05, 0) is 19.1 Å². The number of ether oxygens (including phenoxy) is 1. The van der Waals surface area contributed by atoms with Crippen molar-refractivity contribution in [2.75, 3.05) is 6.61 Å². The highest BCUT2D eigenvalue weighted by molar-refractivity contribution is 5.42. The molecule has 0 aliphatic carbocycles. The Morgan fingerprint density at radius 2 is 2.23 bits per heavy atom. The fraction of sp³-hybridized carbons (Fsp3) is 0.300. The number of benzene rings is 1. The van der Waals surface area contributed by atoms with Crippen LogP contribution >= 0.6 is 0 Å². The smallest absolute Gasteiger partial charge is 0.137 e. The molecule has 1 rings (SSSR count). The topological polar surface area (TPSA) is 53.2 Å². The van der Waals surface area contributed by atoms with E-state index in [0.29, 0.717) is 11.3 Å². The monoisotopic (exact) mass is 177 g/mol. The molecule has 68 valence electrons. The Balaban J connectivity index is 2.71. The molecule has 0 aromatic heterocycles. The molecule has 13 heavy (non-hydrogen) atoms. The van der Waals surface area contributed by atoms with Crippen molar-refractivity contribution in [3.8, 4) is 11.8 Å². The lowest BCUT2D eigenvalue weighted by molar-refractivity contribution is 0.122. The number of aliphatic hydroxyl groups is 1. The molecule has 0 saturated heterocycles. The van der Waals surface area contributed by atoms with Crippen molar-refractivity contribution in [1.29, 1.82) is 5.26 Å². The number of hydrogen-bond acceptors (Lipinski definition) is 3. The third-order valence-corrected chi connectivity index (χ3v) is 1.49. The first kappa shape index (κ1) is 9.56. The van der Waals surface area contributed by atoms with E-state index in [2.05, 4.69) is 0 Å². The fourth-order valence-electron chi connectivity index (χ4n) is 0.895. The molecular formula is C10H11NO2. The van der Waals surface area contributed by atoms with Crippen LogP contribution in [-0.4, -0.2) is 17.8 Å². The van der Waals surface area contributed by atoms with Gasteiger partial charge in [0, 0.05) is 0 Å². The van der Waals surface area contributed by atoms with E-state index in [0.717, 1.165) is 0 Å². The summed E-state index contributed by atoms with van der Waals surface area (Å²) in [6.45, 7) is 1.84. The molecule has 1 aromatic carbocycles. The first-order valence-electron chi connectivity index (χ1n) is 4.04. The number of rotatable bonds is 3. The Hall–Kier alpha value is -1.53. The lowest BCUT2D eigenvalue weighted by Gasteiger charge is -2.08. The molecule has 1 atom stereocenters. The summed E-state index contributed by atoms with van der Waals surface area (Å²) in [5.74, 6) is 0.519. The van der Waals surface area contributed by atoms with Gasteiger partial charge in [0.15, 0.2) is 0 Å². The number of para-hydroxylation sites is 1. The summed E-state index contributed by atoms with van der Waals surface area (Å²) in [7, 11) is 0. The largest absolute Gasteiger partial charge is 0.490 e. The van der Waals surface area contributed by atoms with Gasteiger partial charge in [0.05, 0.1) is 11.7 Å². The predicted octanol–water partition coefficient (Wildman–Crippen LogP) is 1.32. The Labute approximate surface area is 77.2 Å². The number of hydrogen-bond donors (Lipinski definition) is 1. The second-order valence-corrected chi connectivity index (χ2v) is 2.77. The summed E-state index contributed by atoms with van der Waals surface area (Å²) in [5.41, 5.74) is 0.489. The summed E-state index contributed by atoms with van der Waals surface area (Å²) in [6.07, 6.45) is -0.522. The molecule has 0 bridgehead atoms. The molecule has 0 amide bonds. The summed E-state index contributed by atoms with van der Waals surface area (Å²) in [4.78, 5) is 0. The minimum atomic E-state index is -0.522. The van der Waals surface area contributed by atoms with E-state index < -0.39 is 6.10 Å². The average molecular weight is 177 g/mol. The molecular weight excluding hydrogens is 166 g/mol. The first-order valence-corrected chi connectivity index (χ1v) is 4.04. The van der Waals surface area contributed by atoms with Crippen molar-refractivity contribution in [3.05, 3.63) is 29.8 Å². The molecule has 0 aliphatic heterocycles. The summed E-state index contributed by atoms with van der Waals surface area (Å²) >= 11 is 0. The molecule has 0 fully saturated rings. The van der Waals surface area contributed by atoms with Gasteiger partial charge in [-0.1, -0.05) is 12.1 Å². The van der Waals surface area contributed by atoms with Crippen LogP contribution in [-0.2, 0) is 0 Å². The molecule has 0 heterocycles. The second kappa shape index (κ2) is 4.48. The van der Waals surface area contributed by atoms with Crippen molar-refractivity contribution in [3.63, 3.8) is 0 Å². The minimum Gasteiger partial charge on any atom is -0.490 e. The van der Waals surface area contributed by atoms with Crippen LogP contribution in [0.2, 0.25) is 0 Å². The van der Waals surface area contributed by atoms with Crippen LogP contribution in [0.1, 0.15) is 12.5 Å². The van der Waals surface area contributed by atoms with Crippen molar-refractivity contribution in [2.24, 2.45) is 0 Å². The van der Waals surface area contributed by atoms with E-state index in [1.807, 2.05) is 6.07 Å². The standard InChI is InChI=1S/C10H11NO2/c1-8(12)7-13-10-5-3-2-4-9(10)6-11/h2-5,8,12H,7H2,1H3/t8-/m0/s1. The zero-order valence-electron chi connectivity index (χ0n) is 7.40. The average Bonchev–Trinajstić information content (AvgIpc) is 2.15. The molecule has 0 spiro atoms. The van der Waals surface area contributed by atoms with Crippen molar-refractivity contribution >= 4 is 0 Å². The Morgan fingerprint density at radius 1 is 1.54 bits per heavy atom. The van der Waals surface area contributed by atoms with Gasteiger partial charge in [0.2, 0.25) is 0 Å². The summed E-state index contributed by atoms with van der Waals surface area (Å²) < 4.78 is 5.22. The molecule has 0 radical (unpaired) electrons. The summed E-state index contributed by atoms with van der Waals surface area (Å²) in [6, 6.07) is 8.96. The third kappa shape index (κ3) is 2.77. The van der Waals surface area contributed by atoms with Crippen LogP contribution in [0.25, 0.3) is 0 Å². The minimum absolute atomic E-state index is 0.207. The zero-order valence-corrected chi connectivity index (χ0v) is 7.40. The van der Waals surface area contributed by atoms with Gasteiger partial charge in [-0.2, -0.15) is 5.26 Å². The molecule has 1 N–H and O–H groups in total. The number of aliphatic hydroxyl groups excluding tert-OH is 1. The molecule has 0 aliphatic rings. The van der Waals surface area contributed by atoms with Crippen molar-refractivity contribution in [1.82, 2.24) is 0 Å². The van der Waals surface area contributed by atoms with Crippen LogP contribution < -0.4 is 4.74 Å². The maximum atomic E-state index is 8.97. The molecule has 0 unspecified atom stereocenters. The zero-order chi connectivity index (χ0) is 9.68. The Morgan fingerprint density at radius 3 is 2.85 bits per heavy atom. The highest BCUT2D eigenvalue weighted by Crippen LogP contribution is 2.16. The van der Waals surface area contributed by atoms with E-state index in [1.54, 1.807) is 31.2 Å². The van der Waals surface area contributed by atoms with Gasteiger partial charge in [-0.15, -0.1) is 0 Å². The molecule has 0 saturated carbocycles. The first-order chi connectivity index (χ1) is 6.24. The van der Waals surface area contributed by atoms with E-state index in [-0.39, 0.29) is 6.61 Å². The van der Waals surface area contributed by atoms with Gasteiger partial charge in [-0.25, -0.2) is 0 Å². The highest BCUT2D eigenvalue weighted by atomic mass is 16.5. The second-order valence-electron chi connectivity index (χ2n) is 2.77. The summed E-state index contributed by atoms with van der Waals surface area (Å²) in [5, 5.41) is 17.7. The van der Waals surface area contributed by atoms with Gasteiger partial charge in [0.1, 0.15) is 18.4 Å². The lowest BCUT2D eigenvalue weighted by atomic mass is 10.2. The molecule has 3 nitrogen and oxygen atoms in total. The fourth-order valence-corrected chi connectivity index (χ4v) is 0.895. The predicted molar refractivity (Wildman–Crippen MR) is 48.3 cm³/mol. The Kier molecular flexibility index (Phi) is 3.30. The van der Waals surface area contributed by atoms with E-state index in [4.69, 9.17) is 15.1 Å². The SMILES string of the molecule is C[C@H](O)COc1ccccc1C#N. The van der Waals surface area contributed by atoms with Gasteiger partial charge < -0.3 is 9.84 Å². The van der Waals surface area contributed by atoms with Crippen LogP contribution in [0.15, 0.2) is 24.3 Å². The third-order valence-electron chi connectivity index (χ3n) is 1.49. The lowest BCUT2D eigenvalue weighted by Crippen LogP contribution is -2.13. The van der Waals surface area contributed by atoms with E-state index >= 15 is 0 Å². The Bertz CT molecular complexity index is 315. The van der Waals surface area contributed by atoms with Crippen molar-refractivity contribution in [2.45, 2.75) is 13.0 Å². The van der Waals surface area contributed by atoms with E-state index in [9.17, 15) is 0 Å². The maximum Gasteiger partial charge on any atom is 0.137 e. The van der Waals surface area contributed by atoms with Crippen LogP contribution in [0.3, 0.4) is 0 Å². The highest BCUT2D eigenvalue weighted by Gasteiger charge is 2.02. The van der Waals surface area contributed by atoms with E-state index in [1.165, 1.54) is 0 Å². The van der Waals surface area contributed by atoms with Gasteiger partial charge >= 0.3 is 0 Å². The van der Waals surface area contributed by atoms with Crippen molar-refractivity contribution < 1.29 is 9.84 Å². The van der Waals surface area contributed by atoms with Crippen LogP contribution in [0.4, 0.5) is 0 Å². The van der Waals surface area contributed by atoms with Gasteiger partial charge in [-0.3, -0.25) is 0 Å². The van der Waals surface area contributed by atoms with Gasteiger partial charge in [0.25, 0.3) is 0 Å². The quantitative estimate of drug-likeness (QED) is 0.757. The number of nitrogens with zero attached hydrogens (tertiary/aromatic N) is 1. The van der Waals surface area contributed by atoms with Crippen LogP contribution in [0.5, 0.6) is 5.75 Å². The normalized spacial score (nSPS) is 11.8. The van der Waals surface area contributed by atoms with Crippen LogP contribution in [0, 0.1) is 11.3 Å². The molecule has 3 heteroatoms. The molecule has 1 aromatic rings. The number of nitriles is 1.